The first-order valence-corrected chi connectivity index (χ1v) is 7.26. The Morgan fingerprint density at radius 3 is 2.46 bits per heavy atom. The zero-order chi connectivity index (χ0) is 17.5. The smallest absolute Gasteiger partial charge is 0.335 e. The first-order valence-electron chi connectivity index (χ1n) is 7.26. The SMILES string of the molecule is COc1ccc(C(C)=NOCc2cccc(C(=O)O)c2)cc1OC. The fourth-order valence-electron chi connectivity index (χ4n) is 2.11. The predicted molar refractivity (Wildman–Crippen MR) is 89.9 cm³/mol. The van der Waals surface area contributed by atoms with Gasteiger partial charge in [-0.1, -0.05) is 17.3 Å². The summed E-state index contributed by atoms with van der Waals surface area (Å²) in [4.78, 5) is 16.3. The number of hydrogen-bond donors (Lipinski definition) is 1. The number of ether oxygens (including phenoxy) is 2. The molecule has 0 heterocycles. The van der Waals surface area contributed by atoms with Crippen molar-refractivity contribution in [2.45, 2.75) is 13.5 Å². The molecule has 0 spiro atoms. The van der Waals surface area contributed by atoms with Gasteiger partial charge in [-0.2, -0.15) is 0 Å². The van der Waals surface area contributed by atoms with E-state index in [-0.39, 0.29) is 12.2 Å². The second-order valence-corrected chi connectivity index (χ2v) is 5.03. The van der Waals surface area contributed by atoms with Crippen molar-refractivity contribution in [3.05, 3.63) is 59.2 Å². The molecular formula is C18H19NO5. The molecule has 0 amide bonds. The van der Waals surface area contributed by atoms with Crippen molar-refractivity contribution in [3.8, 4) is 11.5 Å². The van der Waals surface area contributed by atoms with Crippen molar-refractivity contribution in [3.63, 3.8) is 0 Å². The van der Waals surface area contributed by atoms with Crippen molar-refractivity contribution in [1.29, 1.82) is 0 Å². The Morgan fingerprint density at radius 1 is 1.04 bits per heavy atom. The van der Waals surface area contributed by atoms with Crippen LogP contribution in [0.4, 0.5) is 0 Å². The van der Waals surface area contributed by atoms with Crippen LogP contribution >= 0.6 is 0 Å². The summed E-state index contributed by atoms with van der Waals surface area (Å²) < 4.78 is 10.5. The van der Waals surface area contributed by atoms with E-state index in [1.165, 1.54) is 6.07 Å². The van der Waals surface area contributed by atoms with Gasteiger partial charge in [-0.25, -0.2) is 4.79 Å². The highest BCUT2D eigenvalue weighted by molar-refractivity contribution is 5.98. The van der Waals surface area contributed by atoms with Gasteiger partial charge in [0.1, 0.15) is 6.61 Å². The van der Waals surface area contributed by atoms with Crippen LogP contribution in [0.3, 0.4) is 0 Å². The number of benzene rings is 2. The highest BCUT2D eigenvalue weighted by Gasteiger charge is 2.07. The average Bonchev–Trinajstić information content (AvgIpc) is 2.61. The molecule has 0 radical (unpaired) electrons. The van der Waals surface area contributed by atoms with E-state index in [0.29, 0.717) is 17.2 Å². The van der Waals surface area contributed by atoms with Crippen LogP contribution in [0.1, 0.15) is 28.4 Å². The van der Waals surface area contributed by atoms with Gasteiger partial charge < -0.3 is 19.4 Å². The summed E-state index contributed by atoms with van der Waals surface area (Å²) in [6.07, 6.45) is 0. The van der Waals surface area contributed by atoms with E-state index >= 15 is 0 Å². The number of rotatable bonds is 7. The molecule has 0 bridgehead atoms. The van der Waals surface area contributed by atoms with Crippen molar-refractivity contribution in [2.75, 3.05) is 14.2 Å². The van der Waals surface area contributed by atoms with Crippen molar-refractivity contribution in [1.82, 2.24) is 0 Å². The predicted octanol–water partition coefficient (Wildman–Crippen LogP) is 3.34. The van der Waals surface area contributed by atoms with Crippen molar-refractivity contribution in [2.24, 2.45) is 5.16 Å². The van der Waals surface area contributed by atoms with Crippen LogP contribution in [0.2, 0.25) is 0 Å². The molecule has 0 unspecified atom stereocenters. The third-order valence-electron chi connectivity index (χ3n) is 3.41. The molecule has 0 saturated carbocycles. The number of carboxylic acids is 1. The first kappa shape index (κ1) is 17.3. The van der Waals surface area contributed by atoms with Crippen LogP contribution in [0, 0.1) is 0 Å². The summed E-state index contributed by atoms with van der Waals surface area (Å²) in [6.45, 7) is 2.00. The summed E-state index contributed by atoms with van der Waals surface area (Å²) in [5.74, 6) is 0.279. The van der Waals surface area contributed by atoms with Gasteiger partial charge in [0.25, 0.3) is 0 Å². The van der Waals surface area contributed by atoms with E-state index in [1.54, 1.807) is 38.5 Å². The number of oxime groups is 1. The molecule has 2 rings (SSSR count). The minimum atomic E-state index is -0.971. The Kier molecular flexibility index (Phi) is 5.78. The third-order valence-corrected chi connectivity index (χ3v) is 3.41. The van der Waals surface area contributed by atoms with Gasteiger partial charge in [0.2, 0.25) is 0 Å². The lowest BCUT2D eigenvalue weighted by atomic mass is 10.1. The van der Waals surface area contributed by atoms with Gasteiger partial charge in [0.05, 0.1) is 25.5 Å². The quantitative estimate of drug-likeness (QED) is 0.623. The molecule has 126 valence electrons. The minimum absolute atomic E-state index is 0.186. The second kappa shape index (κ2) is 8.01. The number of carboxylic acid groups (broad SMARTS) is 1. The summed E-state index contributed by atoms with van der Waals surface area (Å²) in [7, 11) is 3.15. The molecule has 24 heavy (non-hydrogen) atoms. The molecule has 1 N–H and O–H groups in total. The maximum absolute atomic E-state index is 10.9. The van der Waals surface area contributed by atoms with Crippen LogP contribution in [-0.2, 0) is 11.4 Å². The van der Waals surface area contributed by atoms with Crippen LogP contribution in [0.25, 0.3) is 0 Å². The van der Waals surface area contributed by atoms with Crippen LogP contribution in [-0.4, -0.2) is 31.0 Å². The molecule has 0 atom stereocenters. The summed E-state index contributed by atoms with van der Waals surface area (Å²) >= 11 is 0. The van der Waals surface area contributed by atoms with E-state index in [4.69, 9.17) is 19.4 Å². The van der Waals surface area contributed by atoms with E-state index in [9.17, 15) is 4.79 Å². The van der Waals surface area contributed by atoms with Crippen molar-refractivity contribution < 1.29 is 24.2 Å². The average molecular weight is 329 g/mol. The standard InChI is InChI=1S/C18H19NO5/c1-12(14-7-8-16(22-2)17(10-14)23-3)19-24-11-13-5-4-6-15(9-13)18(20)21/h4-10H,11H2,1-3H3,(H,20,21). The zero-order valence-electron chi connectivity index (χ0n) is 13.8. The fraction of sp³-hybridized carbons (Fsp3) is 0.222. The van der Waals surface area contributed by atoms with Gasteiger partial charge in [-0.05, 0) is 42.8 Å². The Labute approximate surface area is 140 Å². The number of carbonyl (C=O) groups is 1. The van der Waals surface area contributed by atoms with Gasteiger partial charge >= 0.3 is 5.97 Å². The maximum Gasteiger partial charge on any atom is 0.335 e. The molecule has 0 aliphatic heterocycles. The monoisotopic (exact) mass is 329 g/mol. The van der Waals surface area contributed by atoms with E-state index in [2.05, 4.69) is 5.16 Å². The normalized spacial score (nSPS) is 11.0. The third kappa shape index (κ3) is 4.25. The van der Waals surface area contributed by atoms with Gasteiger partial charge in [-0.3, -0.25) is 0 Å². The van der Waals surface area contributed by atoms with E-state index in [1.807, 2.05) is 19.1 Å². The number of methoxy groups -OCH3 is 2. The maximum atomic E-state index is 10.9. The first-order chi connectivity index (χ1) is 11.5. The molecule has 0 saturated heterocycles. The molecule has 2 aromatic carbocycles. The molecule has 0 fully saturated rings. The summed E-state index contributed by atoms with van der Waals surface area (Å²) in [5, 5.41) is 13.0. The molecule has 2 aromatic rings. The lowest BCUT2D eigenvalue weighted by Crippen LogP contribution is -2.00. The Hall–Kier alpha value is -3.02. The topological polar surface area (TPSA) is 77.4 Å². The lowest BCUT2D eigenvalue weighted by Gasteiger charge is -2.09. The number of hydrogen-bond acceptors (Lipinski definition) is 5. The highest BCUT2D eigenvalue weighted by Crippen LogP contribution is 2.27. The number of nitrogens with zero attached hydrogens (tertiary/aromatic N) is 1. The molecule has 0 aliphatic rings. The summed E-state index contributed by atoms with van der Waals surface area (Å²) in [6, 6.07) is 12.0. The molecular weight excluding hydrogens is 310 g/mol. The Balaban J connectivity index is 2.06. The van der Waals surface area contributed by atoms with Crippen molar-refractivity contribution >= 4 is 11.7 Å². The van der Waals surface area contributed by atoms with Gasteiger partial charge in [0.15, 0.2) is 11.5 Å². The molecule has 6 heteroatoms. The van der Waals surface area contributed by atoms with Crippen LogP contribution in [0.15, 0.2) is 47.6 Å². The Bertz CT molecular complexity index is 755. The van der Waals surface area contributed by atoms with Crippen LogP contribution in [0.5, 0.6) is 11.5 Å². The second-order valence-electron chi connectivity index (χ2n) is 5.03. The lowest BCUT2D eigenvalue weighted by molar-refractivity contribution is 0.0696. The number of aromatic carboxylic acids is 1. The van der Waals surface area contributed by atoms with Gasteiger partial charge in [0, 0.05) is 5.56 Å². The molecule has 0 aromatic heterocycles. The van der Waals surface area contributed by atoms with Gasteiger partial charge in [-0.15, -0.1) is 0 Å². The largest absolute Gasteiger partial charge is 0.493 e. The highest BCUT2D eigenvalue weighted by atomic mass is 16.6. The minimum Gasteiger partial charge on any atom is -0.493 e. The Morgan fingerprint density at radius 2 is 1.79 bits per heavy atom. The fourth-order valence-corrected chi connectivity index (χ4v) is 2.11. The summed E-state index contributed by atoms with van der Waals surface area (Å²) in [5.41, 5.74) is 2.47. The van der Waals surface area contributed by atoms with Crippen LogP contribution < -0.4 is 9.47 Å². The molecule has 6 nitrogen and oxygen atoms in total. The molecule has 0 aliphatic carbocycles. The van der Waals surface area contributed by atoms with E-state index < -0.39 is 5.97 Å². The zero-order valence-corrected chi connectivity index (χ0v) is 13.8. The van der Waals surface area contributed by atoms with E-state index in [0.717, 1.165) is 11.1 Å².